The minimum Gasteiger partial charge on any atom is -0.477 e. The number of rotatable bonds is 3. The van der Waals surface area contributed by atoms with Crippen molar-refractivity contribution in [3.63, 3.8) is 0 Å². The molecule has 0 spiro atoms. The lowest BCUT2D eigenvalue weighted by Gasteiger charge is -2.03. The van der Waals surface area contributed by atoms with E-state index in [0.717, 1.165) is 24.3 Å². The summed E-state index contributed by atoms with van der Waals surface area (Å²) in [4.78, 5) is 10.6. The lowest BCUT2D eigenvalue weighted by Crippen LogP contribution is -1.95. The summed E-state index contributed by atoms with van der Waals surface area (Å²) in [5, 5.41) is 14.4. The number of aromatic carboxylic acids is 1. The zero-order valence-electron chi connectivity index (χ0n) is 8.82. The number of alkyl halides is 2. The molecule has 0 radical (unpaired) electrons. The van der Waals surface area contributed by atoms with Crippen LogP contribution in [0.4, 0.5) is 13.2 Å². The molecule has 0 aliphatic heterocycles. The standard InChI is InChI=1S/C11H7F3N2O2/c12-7-2-1-5(10(13)14)3-6(7)8-4-9(11(17)18)16-15-8/h1-4,10H,(H,15,16)(H,17,18). The van der Waals surface area contributed by atoms with Crippen molar-refractivity contribution in [3.8, 4) is 11.3 Å². The van der Waals surface area contributed by atoms with E-state index in [-0.39, 0.29) is 22.5 Å². The van der Waals surface area contributed by atoms with Crippen LogP contribution in [-0.4, -0.2) is 21.3 Å². The molecule has 0 aliphatic carbocycles. The number of hydrogen-bond donors (Lipinski definition) is 2. The highest BCUT2D eigenvalue weighted by molar-refractivity contribution is 5.86. The largest absolute Gasteiger partial charge is 0.477 e. The highest BCUT2D eigenvalue weighted by atomic mass is 19.3. The second-order valence-electron chi connectivity index (χ2n) is 3.51. The zero-order chi connectivity index (χ0) is 13.3. The van der Waals surface area contributed by atoms with Crippen LogP contribution in [0.2, 0.25) is 0 Å². The van der Waals surface area contributed by atoms with Crippen LogP contribution in [0.25, 0.3) is 11.3 Å². The molecule has 7 heteroatoms. The number of H-pyrrole nitrogens is 1. The molecule has 1 heterocycles. The van der Waals surface area contributed by atoms with E-state index in [9.17, 15) is 18.0 Å². The number of nitrogens with one attached hydrogen (secondary N) is 1. The van der Waals surface area contributed by atoms with Gasteiger partial charge in [0.2, 0.25) is 0 Å². The van der Waals surface area contributed by atoms with Gasteiger partial charge >= 0.3 is 5.97 Å². The van der Waals surface area contributed by atoms with Gasteiger partial charge in [0, 0.05) is 11.1 Å². The van der Waals surface area contributed by atoms with Crippen LogP contribution < -0.4 is 0 Å². The first-order chi connectivity index (χ1) is 8.49. The van der Waals surface area contributed by atoms with E-state index >= 15 is 0 Å². The Balaban J connectivity index is 2.48. The van der Waals surface area contributed by atoms with E-state index < -0.39 is 18.2 Å². The van der Waals surface area contributed by atoms with Crippen LogP contribution in [0.1, 0.15) is 22.5 Å². The van der Waals surface area contributed by atoms with Crippen molar-refractivity contribution in [2.75, 3.05) is 0 Å². The molecular formula is C11H7F3N2O2. The third-order valence-corrected chi connectivity index (χ3v) is 2.33. The molecule has 0 fully saturated rings. The number of hydrogen-bond acceptors (Lipinski definition) is 2. The summed E-state index contributed by atoms with van der Waals surface area (Å²) in [5.74, 6) is -2.01. The number of aromatic nitrogens is 2. The van der Waals surface area contributed by atoms with Crippen LogP contribution in [-0.2, 0) is 0 Å². The normalized spacial score (nSPS) is 10.9. The summed E-state index contributed by atoms with van der Waals surface area (Å²) in [5.41, 5.74) is -0.804. The van der Waals surface area contributed by atoms with Crippen molar-refractivity contribution in [2.24, 2.45) is 0 Å². The summed E-state index contributed by atoms with van der Waals surface area (Å²) >= 11 is 0. The molecule has 0 bridgehead atoms. The van der Waals surface area contributed by atoms with Gasteiger partial charge in [0.05, 0.1) is 5.69 Å². The maximum Gasteiger partial charge on any atom is 0.353 e. The Morgan fingerprint density at radius 2 is 2.06 bits per heavy atom. The van der Waals surface area contributed by atoms with Crippen molar-refractivity contribution in [1.82, 2.24) is 10.2 Å². The molecule has 94 valence electrons. The molecule has 2 rings (SSSR count). The van der Waals surface area contributed by atoms with Gasteiger partial charge in [-0.3, -0.25) is 5.10 Å². The van der Waals surface area contributed by atoms with Gasteiger partial charge in [-0.25, -0.2) is 18.0 Å². The van der Waals surface area contributed by atoms with Gasteiger partial charge in [-0.05, 0) is 18.2 Å². The van der Waals surface area contributed by atoms with E-state index in [1.54, 1.807) is 0 Å². The monoisotopic (exact) mass is 256 g/mol. The van der Waals surface area contributed by atoms with E-state index in [1.807, 2.05) is 0 Å². The summed E-state index contributed by atoms with van der Waals surface area (Å²) in [6, 6.07) is 3.89. The van der Waals surface area contributed by atoms with Gasteiger partial charge in [0.1, 0.15) is 11.5 Å². The molecular weight excluding hydrogens is 249 g/mol. The Morgan fingerprint density at radius 1 is 1.33 bits per heavy atom. The number of carboxylic acids is 1. The number of carbonyl (C=O) groups is 1. The van der Waals surface area contributed by atoms with Crippen molar-refractivity contribution < 1.29 is 23.1 Å². The number of carboxylic acid groups (broad SMARTS) is 1. The predicted molar refractivity (Wildman–Crippen MR) is 55.9 cm³/mol. The topological polar surface area (TPSA) is 66.0 Å². The number of nitrogens with zero attached hydrogens (tertiary/aromatic N) is 1. The average molecular weight is 256 g/mol. The first-order valence-electron chi connectivity index (χ1n) is 4.85. The average Bonchev–Trinajstić information content (AvgIpc) is 2.78. The molecule has 2 aromatic rings. The van der Waals surface area contributed by atoms with Gasteiger partial charge in [-0.2, -0.15) is 5.10 Å². The van der Waals surface area contributed by atoms with Gasteiger partial charge < -0.3 is 5.11 Å². The van der Waals surface area contributed by atoms with Crippen LogP contribution in [0, 0.1) is 5.82 Å². The lowest BCUT2D eigenvalue weighted by atomic mass is 10.1. The third-order valence-electron chi connectivity index (χ3n) is 2.33. The van der Waals surface area contributed by atoms with E-state index in [1.165, 1.54) is 0 Å². The first kappa shape index (κ1) is 12.2. The Hall–Kier alpha value is -2.31. The SMILES string of the molecule is O=C(O)c1cc(-c2cc(C(F)F)ccc2F)n[nH]1. The molecule has 18 heavy (non-hydrogen) atoms. The van der Waals surface area contributed by atoms with E-state index in [2.05, 4.69) is 10.2 Å². The fourth-order valence-corrected chi connectivity index (χ4v) is 1.44. The summed E-state index contributed by atoms with van der Waals surface area (Å²) in [7, 11) is 0. The van der Waals surface area contributed by atoms with E-state index in [4.69, 9.17) is 5.11 Å². The zero-order valence-corrected chi connectivity index (χ0v) is 8.82. The van der Waals surface area contributed by atoms with Gasteiger partial charge in [-0.15, -0.1) is 0 Å². The minimum atomic E-state index is -2.73. The summed E-state index contributed by atoms with van der Waals surface area (Å²) < 4.78 is 38.4. The second-order valence-corrected chi connectivity index (χ2v) is 3.51. The number of aromatic amines is 1. The van der Waals surface area contributed by atoms with Crippen molar-refractivity contribution in [2.45, 2.75) is 6.43 Å². The highest BCUT2D eigenvalue weighted by Crippen LogP contribution is 2.27. The Morgan fingerprint density at radius 3 is 2.61 bits per heavy atom. The molecule has 2 N–H and O–H groups in total. The van der Waals surface area contributed by atoms with Gasteiger partial charge in [0.15, 0.2) is 0 Å². The molecule has 0 saturated heterocycles. The Bertz CT molecular complexity index is 596. The molecule has 1 aromatic carbocycles. The Labute approximate surface area is 99.1 Å². The van der Waals surface area contributed by atoms with Crippen LogP contribution >= 0.6 is 0 Å². The van der Waals surface area contributed by atoms with Gasteiger partial charge in [-0.1, -0.05) is 6.07 Å². The second kappa shape index (κ2) is 4.52. The smallest absolute Gasteiger partial charge is 0.353 e. The Kier molecular flexibility index (Phi) is 3.05. The van der Waals surface area contributed by atoms with Gasteiger partial charge in [0.25, 0.3) is 6.43 Å². The number of halogens is 3. The van der Waals surface area contributed by atoms with Crippen molar-refractivity contribution in [3.05, 3.63) is 41.3 Å². The van der Waals surface area contributed by atoms with Crippen LogP contribution in [0.3, 0.4) is 0 Å². The van der Waals surface area contributed by atoms with Crippen molar-refractivity contribution in [1.29, 1.82) is 0 Å². The fourth-order valence-electron chi connectivity index (χ4n) is 1.44. The van der Waals surface area contributed by atoms with Crippen LogP contribution in [0.5, 0.6) is 0 Å². The maximum atomic E-state index is 13.5. The molecule has 4 nitrogen and oxygen atoms in total. The summed E-state index contributed by atoms with van der Waals surface area (Å²) in [6.45, 7) is 0. The highest BCUT2D eigenvalue weighted by Gasteiger charge is 2.15. The summed E-state index contributed by atoms with van der Waals surface area (Å²) in [6.07, 6.45) is -2.73. The van der Waals surface area contributed by atoms with Crippen molar-refractivity contribution >= 4 is 5.97 Å². The molecule has 0 saturated carbocycles. The number of benzene rings is 1. The van der Waals surface area contributed by atoms with Crippen LogP contribution in [0.15, 0.2) is 24.3 Å². The molecule has 1 aromatic heterocycles. The van der Waals surface area contributed by atoms with E-state index in [0.29, 0.717) is 0 Å². The fraction of sp³-hybridized carbons (Fsp3) is 0.0909. The quantitative estimate of drug-likeness (QED) is 0.887. The predicted octanol–water partition coefficient (Wildman–Crippen LogP) is 2.85. The minimum absolute atomic E-state index is 0.0348. The maximum absolute atomic E-state index is 13.5. The molecule has 0 atom stereocenters. The molecule has 0 amide bonds. The first-order valence-corrected chi connectivity index (χ1v) is 4.85. The molecule has 0 aliphatic rings. The molecule has 0 unspecified atom stereocenters. The third kappa shape index (κ3) is 2.20. The lowest BCUT2D eigenvalue weighted by molar-refractivity contribution is 0.0690.